The SMILES string of the molecule is CC(C)[C@H](CC(=O)N(C)CC(=O)N(C)C)c1ncc(-c2ccc(-c3ccc(-c4cnc([C@@H](CC(=O)N(C)CC(=O)N(C)C)C(C)C)[nH]4)cc3)cc2)[nH]1. The summed E-state index contributed by atoms with van der Waals surface area (Å²) in [4.78, 5) is 72.3. The number of likely N-dealkylation sites (N-methyl/N-ethyl adjacent to an activating group) is 4. The minimum atomic E-state index is -0.120. The van der Waals surface area contributed by atoms with Gasteiger partial charge in [0, 0.05) is 67.0 Å². The number of aromatic nitrogens is 4. The van der Waals surface area contributed by atoms with Gasteiger partial charge in [-0.2, -0.15) is 0 Å². The van der Waals surface area contributed by atoms with Gasteiger partial charge in [-0.05, 0) is 34.1 Å². The van der Waals surface area contributed by atoms with Crippen molar-refractivity contribution in [3.63, 3.8) is 0 Å². The fraction of sp³-hybridized carbons (Fsp3) is 0.450. The first-order valence-electron chi connectivity index (χ1n) is 17.7. The van der Waals surface area contributed by atoms with E-state index in [-0.39, 0.29) is 73.2 Å². The van der Waals surface area contributed by atoms with E-state index in [4.69, 9.17) is 0 Å². The van der Waals surface area contributed by atoms with E-state index in [1.165, 1.54) is 19.6 Å². The average molecular weight is 711 g/mol. The summed E-state index contributed by atoms with van der Waals surface area (Å²) in [6.45, 7) is 8.37. The summed E-state index contributed by atoms with van der Waals surface area (Å²) in [5.41, 5.74) is 5.85. The minimum Gasteiger partial charge on any atom is -0.347 e. The van der Waals surface area contributed by atoms with Crippen LogP contribution in [-0.2, 0) is 19.2 Å². The molecule has 12 heteroatoms. The number of nitrogens with zero attached hydrogens (tertiary/aromatic N) is 6. The molecule has 4 amide bonds. The van der Waals surface area contributed by atoms with E-state index in [1.807, 2.05) is 0 Å². The molecule has 0 saturated heterocycles. The summed E-state index contributed by atoms with van der Waals surface area (Å²) < 4.78 is 0. The van der Waals surface area contributed by atoms with Gasteiger partial charge in [0.05, 0.1) is 36.9 Å². The summed E-state index contributed by atoms with van der Waals surface area (Å²) in [7, 11) is 10.0. The van der Waals surface area contributed by atoms with Crippen molar-refractivity contribution in [2.24, 2.45) is 11.8 Å². The Morgan fingerprint density at radius 3 is 1.12 bits per heavy atom. The number of hydrogen-bond donors (Lipinski definition) is 2. The zero-order valence-corrected chi connectivity index (χ0v) is 32.2. The molecular weight excluding hydrogens is 656 g/mol. The molecule has 0 radical (unpaired) electrons. The Bertz CT molecular complexity index is 1690. The van der Waals surface area contributed by atoms with E-state index in [0.29, 0.717) is 0 Å². The van der Waals surface area contributed by atoms with Crippen LogP contribution in [0.4, 0.5) is 0 Å². The molecular formula is C40H54N8O4. The Balaban J connectivity index is 1.41. The van der Waals surface area contributed by atoms with Crippen LogP contribution in [0, 0.1) is 11.8 Å². The van der Waals surface area contributed by atoms with E-state index >= 15 is 0 Å². The molecule has 0 unspecified atom stereocenters. The van der Waals surface area contributed by atoms with Crippen molar-refractivity contribution in [2.75, 3.05) is 55.4 Å². The van der Waals surface area contributed by atoms with Crippen molar-refractivity contribution in [2.45, 2.75) is 52.4 Å². The number of carbonyl (C=O) groups is 4. The average Bonchev–Trinajstić information content (AvgIpc) is 3.80. The number of H-pyrrole nitrogens is 2. The van der Waals surface area contributed by atoms with Gasteiger partial charge >= 0.3 is 0 Å². The molecule has 0 aliphatic carbocycles. The van der Waals surface area contributed by atoms with Crippen LogP contribution in [0.2, 0.25) is 0 Å². The van der Waals surface area contributed by atoms with Crippen LogP contribution in [0.15, 0.2) is 60.9 Å². The first kappa shape index (κ1) is 39.5. The van der Waals surface area contributed by atoms with Crippen molar-refractivity contribution in [1.82, 2.24) is 39.5 Å². The molecule has 2 N–H and O–H groups in total. The van der Waals surface area contributed by atoms with Gasteiger partial charge in [-0.3, -0.25) is 19.2 Å². The maximum atomic E-state index is 13.0. The van der Waals surface area contributed by atoms with Gasteiger partial charge < -0.3 is 29.6 Å². The smallest absolute Gasteiger partial charge is 0.241 e. The van der Waals surface area contributed by atoms with Gasteiger partial charge in [0.1, 0.15) is 11.6 Å². The van der Waals surface area contributed by atoms with Crippen molar-refractivity contribution in [3.8, 4) is 33.6 Å². The lowest BCUT2D eigenvalue weighted by atomic mass is 9.91. The predicted molar refractivity (Wildman–Crippen MR) is 204 cm³/mol. The normalized spacial score (nSPS) is 12.5. The standard InChI is InChI=1S/C40H54N8O4/c1-25(2)31(19-35(49)47(9)23-37(51)45(5)6)39-41-21-33(43-39)29-15-11-27(12-16-29)28-13-17-30(18-14-28)34-22-42-40(44-34)32(26(3)4)20-36(50)48(10)24-38(52)46(7)8/h11-18,21-22,25-26,31-32H,19-20,23-24H2,1-10H3,(H,41,43)(H,42,44)/t31-,32-/m0/s1. The van der Waals surface area contributed by atoms with Crippen molar-refractivity contribution >= 4 is 23.6 Å². The van der Waals surface area contributed by atoms with E-state index in [9.17, 15) is 19.2 Å². The molecule has 0 fully saturated rings. The number of hydrogen-bond acceptors (Lipinski definition) is 6. The van der Waals surface area contributed by atoms with E-state index in [2.05, 4.69) is 96.2 Å². The van der Waals surface area contributed by atoms with Crippen LogP contribution in [0.1, 0.15) is 64.0 Å². The van der Waals surface area contributed by atoms with Crippen LogP contribution >= 0.6 is 0 Å². The van der Waals surface area contributed by atoms with Gasteiger partial charge in [0.2, 0.25) is 23.6 Å². The maximum Gasteiger partial charge on any atom is 0.241 e. The lowest BCUT2D eigenvalue weighted by Gasteiger charge is -2.23. The Morgan fingerprint density at radius 2 is 0.827 bits per heavy atom. The molecule has 2 aromatic heterocycles. The number of rotatable bonds is 15. The number of benzene rings is 2. The van der Waals surface area contributed by atoms with Crippen LogP contribution in [0.25, 0.3) is 33.6 Å². The number of imidazole rings is 2. The molecule has 4 rings (SSSR count). The monoisotopic (exact) mass is 710 g/mol. The molecule has 2 aromatic carbocycles. The summed E-state index contributed by atoms with van der Waals surface area (Å²) in [5.74, 6) is 1.17. The van der Waals surface area contributed by atoms with Crippen molar-refractivity contribution < 1.29 is 19.2 Å². The Hall–Kier alpha value is -5.26. The molecule has 0 aliphatic heterocycles. The van der Waals surface area contributed by atoms with Gasteiger partial charge in [-0.1, -0.05) is 76.2 Å². The topological polar surface area (TPSA) is 139 Å². The van der Waals surface area contributed by atoms with Crippen molar-refractivity contribution in [1.29, 1.82) is 0 Å². The molecule has 52 heavy (non-hydrogen) atoms. The Kier molecular flexibility index (Phi) is 13.2. The zero-order valence-electron chi connectivity index (χ0n) is 32.2. The first-order chi connectivity index (χ1) is 24.5. The molecule has 0 aliphatic rings. The zero-order chi connectivity index (χ0) is 38.3. The molecule has 12 nitrogen and oxygen atoms in total. The van der Waals surface area contributed by atoms with Gasteiger partial charge in [-0.15, -0.1) is 0 Å². The van der Waals surface area contributed by atoms with E-state index < -0.39 is 0 Å². The van der Waals surface area contributed by atoms with Gasteiger partial charge in [0.15, 0.2) is 0 Å². The largest absolute Gasteiger partial charge is 0.347 e. The molecule has 2 heterocycles. The quantitative estimate of drug-likeness (QED) is 0.168. The first-order valence-corrected chi connectivity index (χ1v) is 17.7. The third-order valence-electron chi connectivity index (χ3n) is 9.61. The molecule has 0 saturated carbocycles. The van der Waals surface area contributed by atoms with Crippen LogP contribution in [0.5, 0.6) is 0 Å². The summed E-state index contributed by atoms with van der Waals surface area (Å²) in [6, 6.07) is 16.5. The minimum absolute atomic E-state index is 0.0443. The van der Waals surface area contributed by atoms with E-state index in [0.717, 1.165) is 45.3 Å². The second-order valence-electron chi connectivity index (χ2n) is 14.7. The second kappa shape index (κ2) is 17.3. The molecule has 4 aromatic rings. The summed E-state index contributed by atoms with van der Waals surface area (Å²) >= 11 is 0. The fourth-order valence-electron chi connectivity index (χ4n) is 5.88. The highest BCUT2D eigenvalue weighted by Gasteiger charge is 2.27. The highest BCUT2D eigenvalue weighted by molar-refractivity contribution is 5.85. The second-order valence-corrected chi connectivity index (χ2v) is 14.7. The van der Waals surface area contributed by atoms with Gasteiger partial charge in [0.25, 0.3) is 0 Å². The molecule has 0 bridgehead atoms. The third kappa shape index (κ3) is 9.95. The van der Waals surface area contributed by atoms with Crippen LogP contribution < -0.4 is 0 Å². The number of carbonyl (C=O) groups excluding carboxylic acids is 4. The highest BCUT2D eigenvalue weighted by atomic mass is 16.2. The Labute approximate surface area is 307 Å². The molecule has 2 atom stereocenters. The summed E-state index contributed by atoms with van der Waals surface area (Å²) in [6.07, 6.45) is 4.13. The molecule has 278 valence electrons. The lowest BCUT2D eigenvalue weighted by Crippen LogP contribution is -2.38. The maximum absolute atomic E-state index is 13.0. The number of amides is 4. The van der Waals surface area contributed by atoms with E-state index in [1.54, 1.807) is 54.7 Å². The van der Waals surface area contributed by atoms with Crippen molar-refractivity contribution in [3.05, 3.63) is 72.6 Å². The fourth-order valence-corrected chi connectivity index (χ4v) is 5.88. The number of nitrogens with one attached hydrogen (secondary N) is 2. The predicted octanol–water partition coefficient (Wildman–Crippen LogP) is 5.49. The molecule has 0 spiro atoms. The van der Waals surface area contributed by atoms with Crippen LogP contribution in [0.3, 0.4) is 0 Å². The third-order valence-corrected chi connectivity index (χ3v) is 9.61. The van der Waals surface area contributed by atoms with Gasteiger partial charge in [-0.25, -0.2) is 9.97 Å². The number of aromatic amines is 2. The Morgan fingerprint density at radius 1 is 0.519 bits per heavy atom. The lowest BCUT2D eigenvalue weighted by molar-refractivity contribution is -0.138. The van der Waals surface area contributed by atoms with Crippen LogP contribution in [-0.4, -0.2) is 119 Å². The summed E-state index contributed by atoms with van der Waals surface area (Å²) in [5, 5.41) is 0. The highest BCUT2D eigenvalue weighted by Crippen LogP contribution is 2.32.